The molecule has 1 amide bonds. The van der Waals surface area contributed by atoms with Gasteiger partial charge in [0.05, 0.1) is 7.11 Å². The summed E-state index contributed by atoms with van der Waals surface area (Å²) in [5.74, 6) is 1.23. The first-order valence-corrected chi connectivity index (χ1v) is 8.99. The first kappa shape index (κ1) is 21.0. The number of methoxy groups -OCH3 is 1. The molecule has 5 heteroatoms. The van der Waals surface area contributed by atoms with E-state index in [-0.39, 0.29) is 18.5 Å². The van der Waals surface area contributed by atoms with Crippen molar-refractivity contribution in [2.24, 2.45) is 17.6 Å². The van der Waals surface area contributed by atoms with Crippen LogP contribution < -0.4 is 10.5 Å². The summed E-state index contributed by atoms with van der Waals surface area (Å²) in [7, 11) is 1.35. The summed E-state index contributed by atoms with van der Waals surface area (Å²) in [4.78, 5) is 21.9. The van der Waals surface area contributed by atoms with Crippen LogP contribution in [0.25, 0.3) is 0 Å². The van der Waals surface area contributed by atoms with E-state index in [0.29, 0.717) is 24.0 Å². The number of hydrogen-bond donors (Lipinski definition) is 1. The molecule has 1 rings (SSSR count). The van der Waals surface area contributed by atoms with Gasteiger partial charge in [-0.2, -0.15) is 0 Å². The highest BCUT2D eigenvalue weighted by Crippen LogP contribution is 2.25. The normalized spacial score (nSPS) is 12.0. The zero-order valence-electron chi connectivity index (χ0n) is 15.6. The van der Waals surface area contributed by atoms with E-state index in [1.165, 1.54) is 12.7 Å². The molecule has 1 atom stereocenters. The number of primary amides is 1. The van der Waals surface area contributed by atoms with Crippen LogP contribution in [0.3, 0.4) is 0 Å². The molecule has 1 aromatic rings. The molecule has 0 radical (unpaired) electrons. The standard InChI is InChI=1S/C20H31NO4/c1-15(2)17(9-5-4-6-11-19(21)22)12-16-8-7-10-18(13-16)25-14-20(23)24-3/h7-8,10,13,15,17H,4-6,9,11-12,14H2,1-3H3,(H2,21,22)/t17-/m0/s1. The van der Waals surface area contributed by atoms with E-state index in [2.05, 4.69) is 24.7 Å². The van der Waals surface area contributed by atoms with Crippen LogP contribution in [-0.2, 0) is 20.7 Å². The molecule has 0 bridgehead atoms. The minimum absolute atomic E-state index is 0.0760. The first-order valence-electron chi connectivity index (χ1n) is 8.99. The third kappa shape index (κ3) is 9.13. The summed E-state index contributed by atoms with van der Waals surface area (Å²) in [5.41, 5.74) is 6.38. The lowest BCUT2D eigenvalue weighted by atomic mass is 9.85. The molecule has 0 spiro atoms. The van der Waals surface area contributed by atoms with Crippen LogP contribution in [0.2, 0.25) is 0 Å². The lowest BCUT2D eigenvalue weighted by Crippen LogP contribution is -2.14. The van der Waals surface area contributed by atoms with Gasteiger partial charge in [0.2, 0.25) is 5.91 Å². The molecule has 0 saturated heterocycles. The number of carbonyl (C=O) groups is 2. The number of rotatable bonds is 12. The smallest absolute Gasteiger partial charge is 0.343 e. The van der Waals surface area contributed by atoms with Gasteiger partial charge in [0, 0.05) is 6.42 Å². The van der Waals surface area contributed by atoms with Gasteiger partial charge in [-0.05, 0) is 48.8 Å². The maximum absolute atomic E-state index is 11.2. The van der Waals surface area contributed by atoms with E-state index in [1.807, 2.05) is 18.2 Å². The number of unbranched alkanes of at least 4 members (excludes halogenated alkanes) is 2. The van der Waals surface area contributed by atoms with Gasteiger partial charge in [0.25, 0.3) is 0 Å². The Morgan fingerprint density at radius 1 is 1.16 bits per heavy atom. The lowest BCUT2D eigenvalue weighted by Gasteiger charge is -2.21. The van der Waals surface area contributed by atoms with Crippen LogP contribution in [0.4, 0.5) is 0 Å². The number of carbonyl (C=O) groups excluding carboxylic acids is 2. The number of benzene rings is 1. The molecular weight excluding hydrogens is 318 g/mol. The molecule has 0 heterocycles. The number of hydrogen-bond acceptors (Lipinski definition) is 4. The van der Waals surface area contributed by atoms with Crippen LogP contribution in [0, 0.1) is 11.8 Å². The highest BCUT2D eigenvalue weighted by atomic mass is 16.6. The van der Waals surface area contributed by atoms with Crippen LogP contribution in [-0.4, -0.2) is 25.6 Å². The predicted octanol–water partition coefficient (Wildman–Crippen LogP) is 3.49. The van der Waals surface area contributed by atoms with Crippen molar-refractivity contribution in [1.82, 2.24) is 0 Å². The fourth-order valence-electron chi connectivity index (χ4n) is 2.82. The first-order chi connectivity index (χ1) is 11.9. The molecule has 0 fully saturated rings. The van der Waals surface area contributed by atoms with E-state index in [0.717, 1.165) is 32.1 Å². The highest BCUT2D eigenvalue weighted by molar-refractivity contribution is 5.73. The summed E-state index contributed by atoms with van der Waals surface area (Å²) >= 11 is 0. The fourth-order valence-corrected chi connectivity index (χ4v) is 2.82. The van der Waals surface area contributed by atoms with Crippen molar-refractivity contribution in [3.8, 4) is 5.75 Å². The quantitative estimate of drug-likeness (QED) is 0.463. The molecule has 5 nitrogen and oxygen atoms in total. The molecule has 0 aliphatic heterocycles. The van der Waals surface area contributed by atoms with Gasteiger partial charge in [-0.1, -0.05) is 38.8 Å². The molecule has 0 unspecified atom stereocenters. The maximum atomic E-state index is 11.2. The molecular formula is C20H31NO4. The van der Waals surface area contributed by atoms with E-state index < -0.39 is 0 Å². The van der Waals surface area contributed by atoms with Gasteiger partial charge in [-0.25, -0.2) is 4.79 Å². The van der Waals surface area contributed by atoms with Crippen molar-refractivity contribution < 1.29 is 19.1 Å². The molecule has 25 heavy (non-hydrogen) atoms. The second-order valence-corrected chi connectivity index (χ2v) is 6.79. The van der Waals surface area contributed by atoms with Crippen molar-refractivity contribution in [1.29, 1.82) is 0 Å². The summed E-state index contributed by atoms with van der Waals surface area (Å²) in [5, 5.41) is 0. The van der Waals surface area contributed by atoms with Crippen molar-refractivity contribution in [2.45, 2.75) is 52.4 Å². The second-order valence-electron chi connectivity index (χ2n) is 6.79. The molecule has 0 aromatic heterocycles. The largest absolute Gasteiger partial charge is 0.482 e. The predicted molar refractivity (Wildman–Crippen MR) is 98.3 cm³/mol. The van der Waals surface area contributed by atoms with Gasteiger partial charge in [-0.15, -0.1) is 0 Å². The molecule has 2 N–H and O–H groups in total. The Hall–Kier alpha value is -2.04. The zero-order valence-corrected chi connectivity index (χ0v) is 15.6. The Bertz CT molecular complexity index is 542. The molecule has 0 aliphatic carbocycles. The summed E-state index contributed by atoms with van der Waals surface area (Å²) in [6, 6.07) is 7.88. The maximum Gasteiger partial charge on any atom is 0.343 e. The fraction of sp³-hybridized carbons (Fsp3) is 0.600. The average Bonchev–Trinajstić information content (AvgIpc) is 2.58. The average molecular weight is 349 g/mol. The van der Waals surface area contributed by atoms with Gasteiger partial charge in [-0.3, -0.25) is 4.79 Å². The van der Waals surface area contributed by atoms with E-state index >= 15 is 0 Å². The summed E-state index contributed by atoms with van der Waals surface area (Å²) in [6.45, 7) is 4.41. The Balaban J connectivity index is 2.51. The van der Waals surface area contributed by atoms with E-state index in [9.17, 15) is 9.59 Å². The van der Waals surface area contributed by atoms with Crippen LogP contribution in [0.1, 0.15) is 51.5 Å². The second kappa shape index (κ2) is 11.5. The van der Waals surface area contributed by atoms with Gasteiger partial charge >= 0.3 is 5.97 Å². The topological polar surface area (TPSA) is 78.6 Å². The Kier molecular flexibility index (Phi) is 9.66. The van der Waals surface area contributed by atoms with Crippen molar-refractivity contribution in [3.05, 3.63) is 29.8 Å². The zero-order chi connectivity index (χ0) is 18.7. The summed E-state index contributed by atoms with van der Waals surface area (Å²) in [6.07, 6.45) is 5.60. The van der Waals surface area contributed by atoms with Gasteiger partial charge in [0.1, 0.15) is 5.75 Å². The summed E-state index contributed by atoms with van der Waals surface area (Å²) < 4.78 is 10.0. The van der Waals surface area contributed by atoms with Crippen LogP contribution in [0.5, 0.6) is 5.75 Å². The molecule has 1 aromatic carbocycles. The Labute approximate surface area is 150 Å². The van der Waals surface area contributed by atoms with E-state index in [1.54, 1.807) is 0 Å². The lowest BCUT2D eigenvalue weighted by molar-refractivity contribution is -0.142. The number of esters is 1. The van der Waals surface area contributed by atoms with Crippen LogP contribution >= 0.6 is 0 Å². The highest BCUT2D eigenvalue weighted by Gasteiger charge is 2.14. The van der Waals surface area contributed by atoms with Crippen molar-refractivity contribution in [3.63, 3.8) is 0 Å². The van der Waals surface area contributed by atoms with Gasteiger partial charge < -0.3 is 15.2 Å². The monoisotopic (exact) mass is 349 g/mol. The number of ether oxygens (including phenoxy) is 2. The molecule has 0 saturated carbocycles. The van der Waals surface area contributed by atoms with Gasteiger partial charge in [0.15, 0.2) is 6.61 Å². The minimum Gasteiger partial charge on any atom is -0.482 e. The number of nitrogens with two attached hydrogens (primary N) is 1. The molecule has 140 valence electrons. The van der Waals surface area contributed by atoms with Crippen molar-refractivity contribution in [2.75, 3.05) is 13.7 Å². The Morgan fingerprint density at radius 2 is 1.92 bits per heavy atom. The van der Waals surface area contributed by atoms with Crippen molar-refractivity contribution >= 4 is 11.9 Å². The minimum atomic E-state index is -0.388. The number of amides is 1. The third-order valence-corrected chi connectivity index (χ3v) is 4.42. The van der Waals surface area contributed by atoms with E-state index in [4.69, 9.17) is 10.5 Å². The Morgan fingerprint density at radius 3 is 2.56 bits per heavy atom. The van der Waals surface area contributed by atoms with Crippen LogP contribution in [0.15, 0.2) is 24.3 Å². The SMILES string of the molecule is COC(=O)COc1cccc(C[C@H](CCCCCC(N)=O)C(C)C)c1. The molecule has 0 aliphatic rings. The third-order valence-electron chi connectivity index (χ3n) is 4.42.